The van der Waals surface area contributed by atoms with Gasteiger partial charge < -0.3 is 15.0 Å². The molecule has 4 rings (SSSR count). The second kappa shape index (κ2) is 8.72. The Hall–Kier alpha value is -2.76. The Labute approximate surface area is 182 Å². The molecule has 0 bridgehead atoms. The summed E-state index contributed by atoms with van der Waals surface area (Å²) in [6.07, 6.45) is 0. The average Bonchev–Trinajstić information content (AvgIpc) is 3.13. The molecule has 3 aromatic carbocycles. The summed E-state index contributed by atoms with van der Waals surface area (Å²) in [5.41, 5.74) is 3.44. The number of fused-ring (bicyclic) bond motifs is 1. The lowest BCUT2D eigenvalue weighted by Gasteiger charge is -2.09. The van der Waals surface area contributed by atoms with Gasteiger partial charge in [-0.2, -0.15) is 0 Å². The molecule has 146 valence electrons. The minimum atomic E-state index is -0.133. The van der Waals surface area contributed by atoms with Crippen LogP contribution >= 0.6 is 27.5 Å². The Kier molecular flexibility index (Phi) is 5.88. The Bertz CT molecular complexity index is 1170. The number of nitrogens with one attached hydrogen (secondary N) is 2. The molecule has 0 radical (unpaired) electrons. The van der Waals surface area contributed by atoms with E-state index in [1.54, 1.807) is 6.07 Å². The maximum Gasteiger partial charge on any atom is 0.251 e. The molecule has 0 saturated carbocycles. The normalized spacial score (nSPS) is 10.8. The number of hydrogen-bond acceptors (Lipinski definition) is 2. The Balaban J connectivity index is 1.38. The van der Waals surface area contributed by atoms with Gasteiger partial charge in [0.15, 0.2) is 0 Å². The van der Waals surface area contributed by atoms with E-state index < -0.39 is 0 Å². The van der Waals surface area contributed by atoms with Crippen molar-refractivity contribution in [3.05, 3.63) is 99.1 Å². The molecule has 0 aliphatic rings. The molecular weight excluding hydrogens is 452 g/mol. The number of halogens is 2. The summed E-state index contributed by atoms with van der Waals surface area (Å²) >= 11 is 9.45. The van der Waals surface area contributed by atoms with Crippen LogP contribution < -0.4 is 10.1 Å². The van der Waals surface area contributed by atoms with Crippen LogP contribution in [0.1, 0.15) is 21.6 Å². The number of benzene rings is 3. The van der Waals surface area contributed by atoms with Crippen molar-refractivity contribution in [2.45, 2.75) is 13.2 Å². The fraction of sp³-hybridized carbons (Fsp3) is 0.0870. The quantitative estimate of drug-likeness (QED) is 0.359. The summed E-state index contributed by atoms with van der Waals surface area (Å²) in [7, 11) is 0. The third kappa shape index (κ3) is 5.00. The molecule has 1 amide bonds. The zero-order valence-corrected chi connectivity index (χ0v) is 17.8. The van der Waals surface area contributed by atoms with Crippen molar-refractivity contribution in [3.8, 4) is 5.75 Å². The molecule has 0 saturated heterocycles. The molecule has 6 heteroatoms. The SMILES string of the molecule is O=C(NCc1cc2cc(Cl)ccc2[nH]1)c1cccc(COc2cccc(Br)c2)c1. The van der Waals surface area contributed by atoms with Crippen molar-refractivity contribution >= 4 is 44.3 Å². The number of H-pyrrole nitrogens is 1. The molecule has 2 N–H and O–H groups in total. The van der Waals surface area contributed by atoms with E-state index in [1.807, 2.05) is 66.7 Å². The molecule has 4 aromatic rings. The minimum Gasteiger partial charge on any atom is -0.489 e. The van der Waals surface area contributed by atoms with Crippen LogP contribution in [0.5, 0.6) is 5.75 Å². The minimum absolute atomic E-state index is 0.133. The van der Waals surface area contributed by atoms with Crippen molar-refractivity contribution < 1.29 is 9.53 Å². The van der Waals surface area contributed by atoms with Crippen LogP contribution in [0.4, 0.5) is 0 Å². The summed E-state index contributed by atoms with van der Waals surface area (Å²) < 4.78 is 6.76. The molecule has 4 nitrogen and oxygen atoms in total. The zero-order valence-electron chi connectivity index (χ0n) is 15.4. The first-order chi connectivity index (χ1) is 14.1. The van der Waals surface area contributed by atoms with Gasteiger partial charge in [-0.25, -0.2) is 0 Å². The zero-order chi connectivity index (χ0) is 20.2. The maximum absolute atomic E-state index is 12.6. The van der Waals surface area contributed by atoms with Crippen molar-refractivity contribution in [1.29, 1.82) is 0 Å². The fourth-order valence-electron chi connectivity index (χ4n) is 3.06. The van der Waals surface area contributed by atoms with Crippen LogP contribution in [-0.2, 0) is 13.2 Å². The van der Waals surface area contributed by atoms with Gasteiger partial charge >= 0.3 is 0 Å². The predicted octanol–water partition coefficient (Wildman–Crippen LogP) is 6.09. The highest BCUT2D eigenvalue weighted by Crippen LogP contribution is 2.21. The number of carbonyl (C=O) groups excluding carboxylic acids is 1. The summed E-state index contributed by atoms with van der Waals surface area (Å²) in [4.78, 5) is 15.9. The third-order valence-corrected chi connectivity index (χ3v) is 5.20. The van der Waals surface area contributed by atoms with E-state index in [1.165, 1.54) is 0 Å². The van der Waals surface area contributed by atoms with Crippen molar-refractivity contribution in [2.24, 2.45) is 0 Å². The summed E-state index contributed by atoms with van der Waals surface area (Å²) in [5, 5.41) is 4.66. The van der Waals surface area contributed by atoms with Gasteiger partial charge in [0, 0.05) is 31.7 Å². The lowest BCUT2D eigenvalue weighted by molar-refractivity contribution is 0.0950. The molecular formula is C23H18BrClN2O2. The lowest BCUT2D eigenvalue weighted by atomic mass is 10.1. The van der Waals surface area contributed by atoms with Crippen LogP contribution in [0.15, 0.2) is 77.3 Å². The van der Waals surface area contributed by atoms with E-state index in [2.05, 4.69) is 26.2 Å². The van der Waals surface area contributed by atoms with E-state index in [4.69, 9.17) is 16.3 Å². The van der Waals surface area contributed by atoms with Crippen molar-refractivity contribution in [2.75, 3.05) is 0 Å². The van der Waals surface area contributed by atoms with E-state index in [0.29, 0.717) is 23.7 Å². The molecule has 1 heterocycles. The van der Waals surface area contributed by atoms with Crippen molar-refractivity contribution in [3.63, 3.8) is 0 Å². The largest absolute Gasteiger partial charge is 0.489 e. The second-order valence-corrected chi connectivity index (χ2v) is 8.01. The highest BCUT2D eigenvalue weighted by Gasteiger charge is 2.08. The summed E-state index contributed by atoms with van der Waals surface area (Å²) in [5.74, 6) is 0.638. The van der Waals surface area contributed by atoms with Gasteiger partial charge in [-0.15, -0.1) is 0 Å². The van der Waals surface area contributed by atoms with Gasteiger partial charge in [-0.05, 0) is 60.2 Å². The van der Waals surface area contributed by atoms with E-state index >= 15 is 0 Å². The first-order valence-corrected chi connectivity index (χ1v) is 10.3. The van der Waals surface area contributed by atoms with Crippen LogP contribution in [0.2, 0.25) is 5.02 Å². The molecule has 0 atom stereocenters. The maximum atomic E-state index is 12.6. The van der Waals surface area contributed by atoms with E-state index in [-0.39, 0.29) is 5.91 Å². The first-order valence-electron chi connectivity index (χ1n) is 9.09. The van der Waals surface area contributed by atoms with Crippen LogP contribution in [0.25, 0.3) is 10.9 Å². The first kappa shape index (κ1) is 19.6. The summed E-state index contributed by atoms with van der Waals surface area (Å²) in [6.45, 7) is 0.796. The van der Waals surface area contributed by atoms with Crippen LogP contribution in [0, 0.1) is 0 Å². The average molecular weight is 470 g/mol. The van der Waals surface area contributed by atoms with Gasteiger partial charge in [0.1, 0.15) is 12.4 Å². The predicted molar refractivity (Wildman–Crippen MR) is 119 cm³/mol. The molecule has 0 aliphatic heterocycles. The molecule has 0 spiro atoms. The van der Waals surface area contributed by atoms with Gasteiger partial charge in [0.25, 0.3) is 5.91 Å². The number of rotatable bonds is 6. The molecule has 1 aromatic heterocycles. The Morgan fingerprint density at radius 1 is 1.03 bits per heavy atom. The number of hydrogen-bond donors (Lipinski definition) is 2. The third-order valence-electron chi connectivity index (χ3n) is 4.47. The monoisotopic (exact) mass is 468 g/mol. The number of carbonyl (C=O) groups is 1. The van der Waals surface area contributed by atoms with Gasteiger partial charge in [0.2, 0.25) is 0 Å². The highest BCUT2D eigenvalue weighted by molar-refractivity contribution is 9.10. The van der Waals surface area contributed by atoms with Gasteiger partial charge in [0.05, 0.1) is 6.54 Å². The lowest BCUT2D eigenvalue weighted by Crippen LogP contribution is -2.23. The van der Waals surface area contributed by atoms with Crippen LogP contribution in [-0.4, -0.2) is 10.9 Å². The van der Waals surface area contributed by atoms with E-state index in [0.717, 1.165) is 32.4 Å². The molecule has 0 fully saturated rings. The number of amides is 1. The molecule has 0 aliphatic carbocycles. The fourth-order valence-corrected chi connectivity index (χ4v) is 3.62. The van der Waals surface area contributed by atoms with Gasteiger partial charge in [-0.3, -0.25) is 4.79 Å². The highest BCUT2D eigenvalue weighted by atomic mass is 79.9. The van der Waals surface area contributed by atoms with Gasteiger partial charge in [-0.1, -0.05) is 45.7 Å². The number of aromatic amines is 1. The second-order valence-electron chi connectivity index (χ2n) is 6.66. The smallest absolute Gasteiger partial charge is 0.251 e. The van der Waals surface area contributed by atoms with Crippen LogP contribution in [0.3, 0.4) is 0 Å². The number of aromatic nitrogens is 1. The Morgan fingerprint density at radius 3 is 2.76 bits per heavy atom. The van der Waals surface area contributed by atoms with E-state index in [9.17, 15) is 4.79 Å². The molecule has 29 heavy (non-hydrogen) atoms. The standard InChI is InChI=1S/C23H18BrClN2O2/c24-18-5-2-6-21(12-18)29-14-15-3-1-4-16(9-15)23(28)26-13-20-11-17-10-19(25)7-8-22(17)27-20/h1-12,27H,13-14H2,(H,26,28). The van der Waals surface area contributed by atoms with Crippen molar-refractivity contribution in [1.82, 2.24) is 10.3 Å². The summed E-state index contributed by atoms with van der Waals surface area (Å²) in [6, 6.07) is 22.8. The Morgan fingerprint density at radius 2 is 1.90 bits per heavy atom. The number of ether oxygens (including phenoxy) is 1. The topological polar surface area (TPSA) is 54.1 Å². The molecule has 0 unspecified atom stereocenters.